The minimum atomic E-state index is -0.809. The molecule has 0 aliphatic carbocycles. The van der Waals surface area contributed by atoms with Crippen molar-refractivity contribution >= 4 is 6.09 Å². The van der Waals surface area contributed by atoms with Crippen LogP contribution >= 0.6 is 0 Å². The van der Waals surface area contributed by atoms with Crippen LogP contribution in [0.3, 0.4) is 0 Å². The summed E-state index contributed by atoms with van der Waals surface area (Å²) >= 11 is 0. The minimum Gasteiger partial charge on any atom is -0.465 e. The number of carboxylic acid groups (broad SMARTS) is 1. The summed E-state index contributed by atoms with van der Waals surface area (Å²) in [5, 5.41) is 8.64. The Morgan fingerprint density at radius 2 is 2.45 bits per heavy atom. The Balaban J connectivity index is 2.45. The number of hydrogen-bond donors (Lipinski definition) is 1. The molecule has 1 atom stereocenters. The van der Waals surface area contributed by atoms with E-state index in [4.69, 9.17) is 5.11 Å². The number of likely N-dealkylation sites (tertiary alicyclic amines) is 1. The zero-order chi connectivity index (χ0) is 8.27. The lowest BCUT2D eigenvalue weighted by atomic mass is 9.99. The molecule has 1 heterocycles. The van der Waals surface area contributed by atoms with Gasteiger partial charge in [-0.3, -0.25) is 0 Å². The Labute approximate surface area is 66.3 Å². The summed E-state index contributed by atoms with van der Waals surface area (Å²) in [6, 6.07) is 0. The van der Waals surface area contributed by atoms with Crippen molar-refractivity contribution in [2.24, 2.45) is 5.92 Å². The monoisotopic (exact) mass is 155 g/mol. The van der Waals surface area contributed by atoms with Crippen molar-refractivity contribution in [3.8, 4) is 0 Å². The van der Waals surface area contributed by atoms with Crippen LogP contribution in [-0.2, 0) is 0 Å². The topological polar surface area (TPSA) is 40.5 Å². The first-order valence-corrected chi connectivity index (χ1v) is 3.84. The van der Waals surface area contributed by atoms with Gasteiger partial charge in [-0.1, -0.05) is 6.08 Å². The molecule has 1 unspecified atom stereocenters. The van der Waals surface area contributed by atoms with Crippen LogP contribution in [0.25, 0.3) is 0 Å². The number of hydrogen-bond acceptors (Lipinski definition) is 1. The lowest BCUT2D eigenvalue weighted by molar-refractivity contribution is 0.127. The molecule has 0 bridgehead atoms. The molecule has 1 aliphatic heterocycles. The van der Waals surface area contributed by atoms with Crippen molar-refractivity contribution < 1.29 is 9.90 Å². The van der Waals surface area contributed by atoms with Crippen molar-refractivity contribution in [1.29, 1.82) is 0 Å². The van der Waals surface area contributed by atoms with Crippen LogP contribution in [0.15, 0.2) is 12.7 Å². The lowest BCUT2D eigenvalue weighted by Crippen LogP contribution is -2.38. The van der Waals surface area contributed by atoms with Gasteiger partial charge in [0, 0.05) is 13.1 Å². The molecule has 0 aromatic carbocycles. The molecule has 1 N–H and O–H groups in total. The molecule has 1 amide bonds. The van der Waals surface area contributed by atoms with Gasteiger partial charge in [0.25, 0.3) is 0 Å². The van der Waals surface area contributed by atoms with E-state index in [2.05, 4.69) is 6.58 Å². The lowest BCUT2D eigenvalue weighted by Gasteiger charge is -2.28. The van der Waals surface area contributed by atoms with E-state index in [0.29, 0.717) is 19.0 Å². The molecule has 0 aromatic rings. The van der Waals surface area contributed by atoms with E-state index in [1.165, 1.54) is 4.90 Å². The van der Waals surface area contributed by atoms with E-state index in [9.17, 15) is 4.79 Å². The predicted octanol–water partition coefficient (Wildman–Crippen LogP) is 1.56. The number of piperidine rings is 1. The fourth-order valence-electron chi connectivity index (χ4n) is 1.38. The summed E-state index contributed by atoms with van der Waals surface area (Å²) in [7, 11) is 0. The van der Waals surface area contributed by atoms with E-state index >= 15 is 0 Å². The third-order valence-electron chi connectivity index (χ3n) is 2.06. The number of nitrogens with zero attached hydrogens (tertiary/aromatic N) is 1. The van der Waals surface area contributed by atoms with Gasteiger partial charge in [0.2, 0.25) is 0 Å². The summed E-state index contributed by atoms with van der Waals surface area (Å²) < 4.78 is 0. The van der Waals surface area contributed by atoms with Crippen LogP contribution < -0.4 is 0 Å². The van der Waals surface area contributed by atoms with E-state index in [1.807, 2.05) is 6.08 Å². The van der Waals surface area contributed by atoms with Crippen LogP contribution in [-0.4, -0.2) is 29.2 Å². The van der Waals surface area contributed by atoms with Gasteiger partial charge < -0.3 is 10.0 Å². The predicted molar refractivity (Wildman–Crippen MR) is 42.5 cm³/mol. The molecule has 1 fully saturated rings. The Hall–Kier alpha value is -0.990. The third-order valence-corrected chi connectivity index (χ3v) is 2.06. The quantitative estimate of drug-likeness (QED) is 0.584. The Bertz CT molecular complexity index is 167. The van der Waals surface area contributed by atoms with Crippen LogP contribution in [0, 0.1) is 5.92 Å². The van der Waals surface area contributed by atoms with Gasteiger partial charge in [-0.15, -0.1) is 6.58 Å². The molecule has 62 valence electrons. The van der Waals surface area contributed by atoms with E-state index < -0.39 is 6.09 Å². The number of carbonyl (C=O) groups is 1. The second-order valence-corrected chi connectivity index (χ2v) is 2.87. The average molecular weight is 155 g/mol. The highest BCUT2D eigenvalue weighted by atomic mass is 16.4. The Kier molecular flexibility index (Phi) is 2.52. The van der Waals surface area contributed by atoms with Crippen molar-refractivity contribution in [2.75, 3.05) is 13.1 Å². The van der Waals surface area contributed by atoms with Gasteiger partial charge in [0.05, 0.1) is 0 Å². The molecule has 0 saturated carbocycles. The highest BCUT2D eigenvalue weighted by molar-refractivity contribution is 5.65. The van der Waals surface area contributed by atoms with Crippen LogP contribution in [0.4, 0.5) is 4.79 Å². The molecular weight excluding hydrogens is 142 g/mol. The largest absolute Gasteiger partial charge is 0.465 e. The maximum Gasteiger partial charge on any atom is 0.407 e. The molecule has 3 nitrogen and oxygen atoms in total. The first-order valence-electron chi connectivity index (χ1n) is 3.84. The third kappa shape index (κ3) is 1.97. The fourth-order valence-corrected chi connectivity index (χ4v) is 1.38. The molecular formula is C8H13NO2. The molecule has 1 saturated heterocycles. The molecule has 3 heteroatoms. The fraction of sp³-hybridized carbons (Fsp3) is 0.625. The zero-order valence-corrected chi connectivity index (χ0v) is 6.49. The van der Waals surface area contributed by atoms with Gasteiger partial charge in [-0.05, 0) is 18.8 Å². The summed E-state index contributed by atoms with van der Waals surface area (Å²) in [5.74, 6) is 0.361. The van der Waals surface area contributed by atoms with E-state index in [0.717, 1.165) is 12.8 Å². The summed E-state index contributed by atoms with van der Waals surface area (Å²) in [5.41, 5.74) is 0. The molecule has 11 heavy (non-hydrogen) atoms. The van der Waals surface area contributed by atoms with Crippen molar-refractivity contribution in [1.82, 2.24) is 4.90 Å². The second-order valence-electron chi connectivity index (χ2n) is 2.87. The van der Waals surface area contributed by atoms with Crippen LogP contribution in [0.1, 0.15) is 12.8 Å². The van der Waals surface area contributed by atoms with Gasteiger partial charge in [0.1, 0.15) is 0 Å². The molecule has 1 rings (SSSR count). The maximum atomic E-state index is 10.5. The highest BCUT2D eigenvalue weighted by Crippen LogP contribution is 2.16. The molecule has 0 radical (unpaired) electrons. The van der Waals surface area contributed by atoms with Gasteiger partial charge in [0.15, 0.2) is 0 Å². The summed E-state index contributed by atoms with van der Waals surface area (Å²) in [6.45, 7) is 4.96. The Morgan fingerprint density at radius 1 is 1.73 bits per heavy atom. The van der Waals surface area contributed by atoms with Crippen LogP contribution in [0.5, 0.6) is 0 Å². The SMILES string of the molecule is C=CC1CCCN(C(=O)O)C1. The standard InChI is InChI=1S/C8H13NO2/c1-2-7-4-3-5-9(6-7)8(10)11/h2,7H,1,3-6H2,(H,10,11). The highest BCUT2D eigenvalue weighted by Gasteiger charge is 2.20. The minimum absolute atomic E-state index is 0.361. The smallest absolute Gasteiger partial charge is 0.407 e. The maximum absolute atomic E-state index is 10.5. The first kappa shape index (κ1) is 8.11. The second kappa shape index (κ2) is 3.42. The molecule has 1 aliphatic rings. The zero-order valence-electron chi connectivity index (χ0n) is 6.49. The first-order chi connectivity index (χ1) is 5.24. The number of amides is 1. The van der Waals surface area contributed by atoms with Crippen molar-refractivity contribution in [2.45, 2.75) is 12.8 Å². The summed E-state index contributed by atoms with van der Waals surface area (Å²) in [4.78, 5) is 12.0. The van der Waals surface area contributed by atoms with E-state index in [-0.39, 0.29) is 0 Å². The normalized spacial score (nSPS) is 24.7. The van der Waals surface area contributed by atoms with Gasteiger partial charge in [-0.25, -0.2) is 4.79 Å². The van der Waals surface area contributed by atoms with Gasteiger partial charge in [-0.2, -0.15) is 0 Å². The van der Waals surface area contributed by atoms with Gasteiger partial charge >= 0.3 is 6.09 Å². The van der Waals surface area contributed by atoms with Crippen LogP contribution in [0.2, 0.25) is 0 Å². The average Bonchev–Trinajstić information content (AvgIpc) is 2.05. The van der Waals surface area contributed by atoms with E-state index in [1.54, 1.807) is 0 Å². The Morgan fingerprint density at radius 3 is 3.00 bits per heavy atom. The van der Waals surface area contributed by atoms with Crippen molar-refractivity contribution in [3.63, 3.8) is 0 Å². The number of rotatable bonds is 1. The summed E-state index contributed by atoms with van der Waals surface area (Å²) in [6.07, 6.45) is 3.07. The molecule has 0 spiro atoms. The van der Waals surface area contributed by atoms with Crippen molar-refractivity contribution in [3.05, 3.63) is 12.7 Å². The molecule has 0 aromatic heterocycles.